The SMILES string of the molecule is CC1CCN(C(=O)Cc2ccc(Cl)c(Cl)c2)C(C(=O)O)C1. The number of carbonyl (C=O) groups excluding carboxylic acids is 1. The van der Waals surface area contributed by atoms with Gasteiger partial charge in [-0.3, -0.25) is 4.79 Å². The zero-order valence-corrected chi connectivity index (χ0v) is 13.2. The highest BCUT2D eigenvalue weighted by Crippen LogP contribution is 2.25. The molecule has 1 aliphatic heterocycles. The van der Waals surface area contributed by atoms with Crippen molar-refractivity contribution in [2.24, 2.45) is 5.92 Å². The Morgan fingerprint density at radius 3 is 2.67 bits per heavy atom. The summed E-state index contributed by atoms with van der Waals surface area (Å²) in [4.78, 5) is 25.2. The average Bonchev–Trinajstić information content (AvgIpc) is 2.42. The molecule has 6 heteroatoms. The molecule has 2 rings (SSSR count). The van der Waals surface area contributed by atoms with Crippen LogP contribution in [0.1, 0.15) is 25.3 Å². The minimum atomic E-state index is -0.941. The number of hydrogen-bond donors (Lipinski definition) is 1. The van der Waals surface area contributed by atoms with E-state index in [-0.39, 0.29) is 12.3 Å². The van der Waals surface area contributed by atoms with E-state index in [1.165, 1.54) is 4.90 Å². The molecule has 0 aliphatic carbocycles. The number of amides is 1. The maximum atomic E-state index is 12.4. The Morgan fingerprint density at radius 1 is 1.33 bits per heavy atom. The smallest absolute Gasteiger partial charge is 0.326 e. The van der Waals surface area contributed by atoms with Gasteiger partial charge in [0.05, 0.1) is 16.5 Å². The maximum absolute atomic E-state index is 12.4. The molecule has 0 aromatic heterocycles. The van der Waals surface area contributed by atoms with E-state index in [1.807, 2.05) is 6.92 Å². The number of carbonyl (C=O) groups is 2. The lowest BCUT2D eigenvalue weighted by atomic mass is 9.92. The molecule has 1 aromatic rings. The highest BCUT2D eigenvalue weighted by Gasteiger charge is 2.34. The van der Waals surface area contributed by atoms with Gasteiger partial charge in [0, 0.05) is 6.54 Å². The zero-order chi connectivity index (χ0) is 15.6. The van der Waals surface area contributed by atoms with Gasteiger partial charge in [0.25, 0.3) is 0 Å². The minimum absolute atomic E-state index is 0.134. The molecule has 2 atom stereocenters. The van der Waals surface area contributed by atoms with Crippen molar-refractivity contribution in [1.82, 2.24) is 4.90 Å². The largest absolute Gasteiger partial charge is 0.480 e. The van der Waals surface area contributed by atoms with Gasteiger partial charge in [0.2, 0.25) is 5.91 Å². The fourth-order valence-electron chi connectivity index (χ4n) is 2.60. The lowest BCUT2D eigenvalue weighted by Crippen LogP contribution is -2.50. The van der Waals surface area contributed by atoms with Crippen molar-refractivity contribution in [3.63, 3.8) is 0 Å². The van der Waals surface area contributed by atoms with E-state index < -0.39 is 12.0 Å². The Hall–Kier alpha value is -1.26. The van der Waals surface area contributed by atoms with E-state index in [1.54, 1.807) is 18.2 Å². The van der Waals surface area contributed by atoms with Crippen molar-refractivity contribution in [2.75, 3.05) is 6.54 Å². The predicted octanol–water partition coefficient (Wildman–Crippen LogP) is 3.25. The zero-order valence-electron chi connectivity index (χ0n) is 11.7. The van der Waals surface area contributed by atoms with Gasteiger partial charge in [-0.25, -0.2) is 4.79 Å². The van der Waals surface area contributed by atoms with Crippen LogP contribution in [0.15, 0.2) is 18.2 Å². The fraction of sp³-hybridized carbons (Fsp3) is 0.467. The van der Waals surface area contributed by atoms with Gasteiger partial charge in [-0.1, -0.05) is 36.2 Å². The Labute approximate surface area is 133 Å². The topological polar surface area (TPSA) is 57.6 Å². The first kappa shape index (κ1) is 16.1. The molecule has 1 N–H and O–H groups in total. The average molecular weight is 330 g/mol. The van der Waals surface area contributed by atoms with Crippen molar-refractivity contribution in [2.45, 2.75) is 32.2 Å². The molecule has 4 nitrogen and oxygen atoms in total. The van der Waals surface area contributed by atoms with Crippen molar-refractivity contribution in [3.05, 3.63) is 33.8 Å². The molecule has 0 saturated carbocycles. The normalized spacial score (nSPS) is 22.1. The van der Waals surface area contributed by atoms with E-state index >= 15 is 0 Å². The highest BCUT2D eigenvalue weighted by atomic mass is 35.5. The molecule has 1 saturated heterocycles. The second-order valence-electron chi connectivity index (χ2n) is 5.50. The van der Waals surface area contributed by atoms with E-state index in [9.17, 15) is 14.7 Å². The van der Waals surface area contributed by atoms with Crippen molar-refractivity contribution in [1.29, 1.82) is 0 Å². The molecule has 1 aromatic carbocycles. The van der Waals surface area contributed by atoms with E-state index in [4.69, 9.17) is 23.2 Å². The molecule has 2 unspecified atom stereocenters. The summed E-state index contributed by atoms with van der Waals surface area (Å²) in [6.45, 7) is 2.50. The van der Waals surface area contributed by atoms with Crippen LogP contribution < -0.4 is 0 Å². The van der Waals surface area contributed by atoms with Crippen LogP contribution in [0, 0.1) is 5.92 Å². The lowest BCUT2D eigenvalue weighted by molar-refractivity contribution is -0.152. The molecule has 1 amide bonds. The number of piperidine rings is 1. The molecule has 114 valence electrons. The van der Waals surface area contributed by atoms with Gasteiger partial charge in [-0.2, -0.15) is 0 Å². The number of aliphatic carboxylic acids is 1. The van der Waals surface area contributed by atoms with Crippen LogP contribution in [-0.4, -0.2) is 34.5 Å². The Morgan fingerprint density at radius 2 is 2.05 bits per heavy atom. The van der Waals surface area contributed by atoms with Crippen molar-refractivity contribution < 1.29 is 14.7 Å². The third-order valence-electron chi connectivity index (χ3n) is 3.81. The number of carboxylic acid groups (broad SMARTS) is 1. The molecular weight excluding hydrogens is 313 g/mol. The van der Waals surface area contributed by atoms with E-state index in [0.717, 1.165) is 12.0 Å². The van der Waals surface area contributed by atoms with Gasteiger partial charge in [-0.15, -0.1) is 0 Å². The Kier molecular flexibility index (Phi) is 5.12. The van der Waals surface area contributed by atoms with Crippen LogP contribution in [0.2, 0.25) is 10.0 Å². The summed E-state index contributed by atoms with van der Waals surface area (Å²) >= 11 is 11.8. The summed E-state index contributed by atoms with van der Waals surface area (Å²) in [7, 11) is 0. The summed E-state index contributed by atoms with van der Waals surface area (Å²) in [6, 6.07) is 4.28. The summed E-state index contributed by atoms with van der Waals surface area (Å²) in [5, 5.41) is 10.1. The molecule has 21 heavy (non-hydrogen) atoms. The van der Waals surface area contributed by atoms with Crippen LogP contribution in [0.4, 0.5) is 0 Å². The summed E-state index contributed by atoms with van der Waals surface area (Å²) in [5.74, 6) is -0.808. The number of halogens is 2. The number of likely N-dealkylation sites (tertiary alicyclic amines) is 1. The first-order chi connectivity index (χ1) is 9.88. The number of benzene rings is 1. The molecule has 0 spiro atoms. The predicted molar refractivity (Wildman–Crippen MR) is 81.7 cm³/mol. The summed E-state index contributed by atoms with van der Waals surface area (Å²) < 4.78 is 0. The maximum Gasteiger partial charge on any atom is 0.326 e. The second-order valence-corrected chi connectivity index (χ2v) is 6.31. The Bertz CT molecular complexity index is 562. The van der Waals surface area contributed by atoms with Gasteiger partial charge >= 0.3 is 5.97 Å². The molecule has 1 fully saturated rings. The monoisotopic (exact) mass is 329 g/mol. The van der Waals surface area contributed by atoms with Gasteiger partial charge in [0.1, 0.15) is 6.04 Å². The van der Waals surface area contributed by atoms with E-state index in [0.29, 0.717) is 28.9 Å². The van der Waals surface area contributed by atoms with Crippen LogP contribution in [0.5, 0.6) is 0 Å². The van der Waals surface area contributed by atoms with Gasteiger partial charge < -0.3 is 10.0 Å². The third kappa shape index (κ3) is 3.89. The standard InChI is InChI=1S/C15H17Cl2NO3/c1-9-4-5-18(13(6-9)15(20)21)14(19)8-10-2-3-11(16)12(17)7-10/h2-3,7,9,13H,4-6,8H2,1H3,(H,20,21). The van der Waals surface area contributed by atoms with Crippen molar-refractivity contribution in [3.8, 4) is 0 Å². The molecular formula is C15H17Cl2NO3. The van der Waals surface area contributed by atoms with Crippen molar-refractivity contribution >= 4 is 35.1 Å². The molecule has 1 aliphatic rings. The quantitative estimate of drug-likeness (QED) is 0.926. The van der Waals surface area contributed by atoms with Gasteiger partial charge in [-0.05, 0) is 36.5 Å². The Balaban J connectivity index is 2.10. The molecule has 0 radical (unpaired) electrons. The van der Waals surface area contributed by atoms with Gasteiger partial charge in [0.15, 0.2) is 0 Å². The fourth-order valence-corrected chi connectivity index (χ4v) is 2.92. The number of carboxylic acids is 1. The first-order valence-electron chi connectivity index (χ1n) is 6.84. The number of hydrogen-bond acceptors (Lipinski definition) is 2. The summed E-state index contributed by atoms with van der Waals surface area (Å²) in [5.41, 5.74) is 0.733. The molecule has 1 heterocycles. The number of nitrogens with zero attached hydrogens (tertiary/aromatic N) is 1. The van der Waals surface area contributed by atoms with E-state index in [2.05, 4.69) is 0 Å². The lowest BCUT2D eigenvalue weighted by Gasteiger charge is -2.36. The highest BCUT2D eigenvalue weighted by molar-refractivity contribution is 6.42. The summed E-state index contributed by atoms with van der Waals surface area (Å²) in [6.07, 6.45) is 1.47. The first-order valence-corrected chi connectivity index (χ1v) is 7.60. The molecule has 0 bridgehead atoms. The van der Waals surface area contributed by atoms with Crippen LogP contribution in [0.3, 0.4) is 0 Å². The number of rotatable bonds is 3. The minimum Gasteiger partial charge on any atom is -0.480 e. The third-order valence-corrected chi connectivity index (χ3v) is 4.55. The van der Waals surface area contributed by atoms with Crippen LogP contribution >= 0.6 is 23.2 Å². The van der Waals surface area contributed by atoms with Crippen LogP contribution in [-0.2, 0) is 16.0 Å². The second kappa shape index (κ2) is 6.67. The van der Waals surface area contributed by atoms with Crippen LogP contribution in [0.25, 0.3) is 0 Å².